The number of carboxylic acid groups (broad SMARTS) is 1. The molecule has 0 aromatic carbocycles. The van der Waals surface area contributed by atoms with E-state index in [1.165, 1.54) is 128 Å². The molecule has 0 aromatic heterocycles. The standard InChI is InChI=1S/C18H36O2.C12H26O4S.2Na/c1-2-3-4-5-6-7-8-9-10-11-12-13-14-15-16-17-18(19)20;1-2-3-4-5-6-7-8-9-10-11-12-16-17(13,14)15;;/h2-17H2,1H3,(H,19,20);2-12H2,1H3,(H,13,14,15);;/q;;2*+1/p-2. The zero-order valence-electron chi connectivity index (χ0n) is 26.4. The van der Waals surface area contributed by atoms with Crippen molar-refractivity contribution < 1.29 is 86.2 Å². The van der Waals surface area contributed by atoms with Gasteiger partial charge in [0.2, 0.25) is 10.4 Å². The van der Waals surface area contributed by atoms with Gasteiger partial charge in [-0.15, -0.1) is 0 Å². The molecule has 0 bridgehead atoms. The van der Waals surface area contributed by atoms with Gasteiger partial charge in [0, 0.05) is 5.97 Å². The minimum Gasteiger partial charge on any atom is -0.726 e. The first kappa shape index (κ1) is 47.3. The Hall–Kier alpha value is 1.34. The Morgan fingerprint density at radius 3 is 1.03 bits per heavy atom. The average Bonchev–Trinajstić information content (AvgIpc) is 2.84. The fourth-order valence-electron chi connectivity index (χ4n) is 4.39. The minimum atomic E-state index is -4.48. The molecular weight excluding hydrogens is 534 g/mol. The third kappa shape index (κ3) is 52.4. The third-order valence-corrected chi connectivity index (χ3v) is 7.17. The van der Waals surface area contributed by atoms with E-state index in [4.69, 9.17) is 0 Å². The van der Waals surface area contributed by atoms with Crippen molar-refractivity contribution in [3.63, 3.8) is 0 Å². The number of unbranched alkanes of at least 4 members (excludes halogenated alkanes) is 23. The molecule has 0 heterocycles. The number of aliphatic carboxylic acids is 1. The zero-order chi connectivity index (χ0) is 27.9. The maximum Gasteiger partial charge on any atom is 1.00 e. The van der Waals surface area contributed by atoms with Crippen molar-refractivity contribution in [2.75, 3.05) is 6.61 Å². The number of carbonyl (C=O) groups is 1. The zero-order valence-corrected chi connectivity index (χ0v) is 31.3. The minimum absolute atomic E-state index is 0. The Bertz CT molecular complexity index is 562. The molecule has 0 saturated carbocycles. The molecule has 0 spiro atoms. The Balaban J connectivity index is -0.000000302. The van der Waals surface area contributed by atoms with Crippen LogP contribution < -0.4 is 64.2 Å². The second-order valence-corrected chi connectivity index (χ2v) is 11.5. The fourth-order valence-corrected chi connectivity index (χ4v) is 4.71. The molecule has 9 heteroatoms. The van der Waals surface area contributed by atoms with Gasteiger partial charge in [-0.3, -0.25) is 4.18 Å². The Morgan fingerprint density at radius 1 is 0.513 bits per heavy atom. The van der Waals surface area contributed by atoms with Crippen LogP contribution in [0.5, 0.6) is 0 Å². The number of rotatable bonds is 28. The topological polar surface area (TPSA) is 107 Å². The van der Waals surface area contributed by atoms with Crippen molar-refractivity contribution >= 4 is 16.4 Å². The summed E-state index contributed by atoms with van der Waals surface area (Å²) in [5, 5.41) is 10.2. The van der Waals surface area contributed by atoms with Gasteiger partial charge in [0.05, 0.1) is 6.61 Å². The molecule has 0 rings (SSSR count). The number of hydrogen-bond acceptors (Lipinski definition) is 6. The van der Waals surface area contributed by atoms with E-state index in [9.17, 15) is 22.9 Å². The van der Waals surface area contributed by atoms with Crippen molar-refractivity contribution in [2.45, 2.75) is 181 Å². The second-order valence-electron chi connectivity index (χ2n) is 10.5. The van der Waals surface area contributed by atoms with Crippen molar-refractivity contribution in [1.82, 2.24) is 0 Å². The summed E-state index contributed by atoms with van der Waals surface area (Å²) < 4.78 is 34.5. The molecular formula is C30H60Na2O6S. The molecule has 0 amide bonds. The smallest absolute Gasteiger partial charge is 0.726 e. The van der Waals surface area contributed by atoms with Crippen LogP contribution in [0.4, 0.5) is 0 Å². The van der Waals surface area contributed by atoms with Gasteiger partial charge in [-0.2, -0.15) is 0 Å². The Kier molecular flexibility index (Phi) is 47.7. The molecule has 0 aliphatic heterocycles. The first-order chi connectivity index (χ1) is 17.8. The SMILES string of the molecule is CCCCCCCCCCCCCCCCCC(=O)[O-].CCCCCCCCCCCCOS(=O)(=O)[O-].[Na+].[Na+]. The molecule has 0 radical (unpaired) electrons. The van der Waals surface area contributed by atoms with Crippen LogP contribution in [-0.4, -0.2) is 25.5 Å². The van der Waals surface area contributed by atoms with E-state index in [0.29, 0.717) is 6.42 Å². The van der Waals surface area contributed by atoms with E-state index < -0.39 is 16.4 Å². The van der Waals surface area contributed by atoms with Crippen LogP contribution in [0.2, 0.25) is 0 Å². The van der Waals surface area contributed by atoms with Crippen LogP contribution in [0.1, 0.15) is 181 Å². The van der Waals surface area contributed by atoms with Crippen LogP contribution in [0.25, 0.3) is 0 Å². The van der Waals surface area contributed by atoms with Gasteiger partial charge in [-0.05, 0) is 19.3 Å². The summed E-state index contributed by atoms with van der Waals surface area (Å²) in [7, 11) is -4.48. The summed E-state index contributed by atoms with van der Waals surface area (Å²) >= 11 is 0. The number of carboxylic acids is 1. The van der Waals surface area contributed by atoms with Crippen molar-refractivity contribution in [1.29, 1.82) is 0 Å². The first-order valence-corrected chi connectivity index (χ1v) is 17.0. The summed E-state index contributed by atoms with van der Waals surface area (Å²) in [4.78, 5) is 10.2. The molecule has 224 valence electrons. The largest absolute Gasteiger partial charge is 1.00 e. The van der Waals surface area contributed by atoms with Gasteiger partial charge in [0.1, 0.15) is 0 Å². The van der Waals surface area contributed by atoms with Crippen LogP contribution >= 0.6 is 0 Å². The fraction of sp³-hybridized carbons (Fsp3) is 0.967. The van der Waals surface area contributed by atoms with E-state index in [1.807, 2.05) is 0 Å². The molecule has 6 nitrogen and oxygen atoms in total. The quantitative estimate of drug-likeness (QED) is 0.0596. The van der Waals surface area contributed by atoms with E-state index in [1.54, 1.807) is 0 Å². The summed E-state index contributed by atoms with van der Waals surface area (Å²) in [5.41, 5.74) is 0. The number of carbonyl (C=O) groups excluding carboxylic acids is 1. The van der Waals surface area contributed by atoms with E-state index in [-0.39, 0.29) is 72.1 Å². The van der Waals surface area contributed by atoms with Gasteiger partial charge in [-0.25, -0.2) is 8.42 Å². The maximum absolute atomic E-state index is 10.2. The molecule has 0 atom stereocenters. The van der Waals surface area contributed by atoms with Gasteiger partial charge < -0.3 is 14.5 Å². The molecule has 0 aromatic rings. The predicted octanol–water partition coefficient (Wildman–Crippen LogP) is 2.39. The summed E-state index contributed by atoms with van der Waals surface area (Å²) in [6.45, 7) is 4.51. The molecule has 0 fully saturated rings. The summed E-state index contributed by atoms with van der Waals surface area (Å²) in [6, 6.07) is 0. The first-order valence-electron chi connectivity index (χ1n) is 15.6. The summed E-state index contributed by atoms with van der Waals surface area (Å²) in [6.07, 6.45) is 31.6. The molecule has 0 N–H and O–H groups in total. The normalized spacial score (nSPS) is 10.7. The van der Waals surface area contributed by atoms with Gasteiger partial charge in [0.25, 0.3) is 0 Å². The van der Waals surface area contributed by atoms with E-state index in [2.05, 4.69) is 18.0 Å². The molecule has 0 aliphatic rings. The molecule has 0 saturated heterocycles. The van der Waals surface area contributed by atoms with Gasteiger partial charge >= 0.3 is 59.1 Å². The molecule has 0 aliphatic carbocycles. The van der Waals surface area contributed by atoms with Crippen molar-refractivity contribution in [3.05, 3.63) is 0 Å². The van der Waals surface area contributed by atoms with Crippen molar-refractivity contribution in [2.24, 2.45) is 0 Å². The van der Waals surface area contributed by atoms with Gasteiger partial charge in [-0.1, -0.05) is 162 Å². The predicted molar refractivity (Wildman–Crippen MR) is 152 cm³/mol. The van der Waals surface area contributed by atoms with E-state index in [0.717, 1.165) is 25.7 Å². The second kappa shape index (κ2) is 39.3. The Labute approximate surface area is 287 Å². The van der Waals surface area contributed by atoms with Crippen LogP contribution in [0.3, 0.4) is 0 Å². The maximum atomic E-state index is 10.2. The molecule has 39 heavy (non-hydrogen) atoms. The van der Waals surface area contributed by atoms with Crippen LogP contribution in [-0.2, 0) is 19.4 Å². The van der Waals surface area contributed by atoms with E-state index >= 15 is 0 Å². The number of hydrogen-bond donors (Lipinski definition) is 0. The third-order valence-electron chi connectivity index (χ3n) is 6.71. The average molecular weight is 595 g/mol. The Morgan fingerprint density at radius 2 is 0.769 bits per heavy atom. The molecule has 0 unspecified atom stereocenters. The van der Waals surface area contributed by atoms with Crippen LogP contribution in [0.15, 0.2) is 0 Å². The van der Waals surface area contributed by atoms with Crippen molar-refractivity contribution in [3.8, 4) is 0 Å². The van der Waals surface area contributed by atoms with Gasteiger partial charge in [0.15, 0.2) is 0 Å². The monoisotopic (exact) mass is 594 g/mol. The van der Waals surface area contributed by atoms with Crippen LogP contribution in [0, 0.1) is 0 Å². The summed E-state index contributed by atoms with van der Waals surface area (Å²) in [5.74, 6) is -0.903.